The Labute approximate surface area is 194 Å². The highest BCUT2D eigenvalue weighted by molar-refractivity contribution is 5.96. The Balaban J connectivity index is 5.09. The minimum absolute atomic E-state index is 0.0459. The molecule has 16 heteroatoms. The third-order valence-electron chi connectivity index (χ3n) is 4.36. The molecule has 13 N–H and O–H groups in total. The summed E-state index contributed by atoms with van der Waals surface area (Å²) >= 11 is 0. The molecule has 0 aliphatic rings. The fraction of sp³-hybridized carbons (Fsp3) is 0.611. The van der Waals surface area contributed by atoms with Gasteiger partial charge in [-0.2, -0.15) is 0 Å². The third-order valence-corrected chi connectivity index (χ3v) is 4.36. The van der Waals surface area contributed by atoms with E-state index in [0.717, 1.165) is 0 Å². The number of hydrogen-bond donors (Lipinski definition) is 9. The zero-order valence-corrected chi connectivity index (χ0v) is 18.7. The lowest BCUT2D eigenvalue weighted by molar-refractivity contribution is -0.142. The number of carbonyl (C=O) groups excluding carboxylic acids is 4. The van der Waals surface area contributed by atoms with Crippen LogP contribution in [0.4, 0.5) is 0 Å². The molecule has 192 valence electrons. The van der Waals surface area contributed by atoms with Gasteiger partial charge < -0.3 is 49.1 Å². The van der Waals surface area contributed by atoms with E-state index in [-0.39, 0.29) is 38.2 Å². The summed E-state index contributed by atoms with van der Waals surface area (Å²) < 4.78 is 0. The minimum Gasteiger partial charge on any atom is -0.481 e. The van der Waals surface area contributed by atoms with Crippen LogP contribution in [0.1, 0.15) is 39.0 Å². The molecule has 34 heavy (non-hydrogen) atoms. The summed E-state index contributed by atoms with van der Waals surface area (Å²) in [5.41, 5.74) is 21.1. The summed E-state index contributed by atoms with van der Waals surface area (Å²) in [6.07, 6.45) is -0.992. The van der Waals surface area contributed by atoms with Crippen LogP contribution in [-0.4, -0.2) is 82.5 Å². The molecule has 4 atom stereocenters. The van der Waals surface area contributed by atoms with Crippen LogP contribution in [0.3, 0.4) is 0 Å². The standard InChI is InChI=1S/C18H32N8O8/c1-8(24-15(31)9(19)4-5-13(28)29)14(30)26-11(7-12(20)27)16(32)25-10(17(33)34)3-2-6-23-18(21)22/h8-11H,2-7,19H2,1H3,(H2,20,27)(H,24,31)(H,25,32)(H,26,30)(H,28,29)(H,33,34)(H4,21,22,23). The Bertz CT molecular complexity index is 799. The van der Waals surface area contributed by atoms with Crippen molar-refractivity contribution in [3.8, 4) is 0 Å². The predicted molar refractivity (Wildman–Crippen MR) is 118 cm³/mol. The van der Waals surface area contributed by atoms with Gasteiger partial charge in [-0.25, -0.2) is 4.79 Å². The largest absolute Gasteiger partial charge is 0.481 e. The van der Waals surface area contributed by atoms with Crippen molar-refractivity contribution < 1.29 is 39.0 Å². The number of amides is 4. The lowest BCUT2D eigenvalue weighted by Crippen LogP contribution is -2.57. The fourth-order valence-corrected chi connectivity index (χ4v) is 2.54. The van der Waals surface area contributed by atoms with Gasteiger partial charge in [0.2, 0.25) is 23.6 Å². The zero-order chi connectivity index (χ0) is 26.4. The summed E-state index contributed by atoms with van der Waals surface area (Å²) in [7, 11) is 0. The van der Waals surface area contributed by atoms with Gasteiger partial charge in [0, 0.05) is 13.0 Å². The molecule has 4 amide bonds. The molecule has 0 bridgehead atoms. The van der Waals surface area contributed by atoms with Crippen molar-refractivity contribution >= 4 is 41.5 Å². The molecular formula is C18H32N8O8. The van der Waals surface area contributed by atoms with Crippen LogP contribution >= 0.6 is 0 Å². The molecule has 0 spiro atoms. The number of guanidine groups is 1. The lowest BCUT2D eigenvalue weighted by atomic mass is 10.1. The monoisotopic (exact) mass is 488 g/mol. The first-order valence-electron chi connectivity index (χ1n) is 10.2. The molecule has 0 heterocycles. The van der Waals surface area contributed by atoms with Crippen molar-refractivity contribution in [3.05, 3.63) is 0 Å². The number of aliphatic imine (C=N–C) groups is 1. The quantitative estimate of drug-likeness (QED) is 0.0568. The van der Waals surface area contributed by atoms with E-state index in [2.05, 4.69) is 20.9 Å². The van der Waals surface area contributed by atoms with Gasteiger partial charge in [0.15, 0.2) is 5.96 Å². The summed E-state index contributed by atoms with van der Waals surface area (Å²) in [6, 6.07) is -5.30. The number of rotatable bonds is 16. The van der Waals surface area contributed by atoms with Crippen LogP contribution in [0.5, 0.6) is 0 Å². The van der Waals surface area contributed by atoms with E-state index in [1.807, 2.05) is 0 Å². The highest BCUT2D eigenvalue weighted by Gasteiger charge is 2.29. The van der Waals surface area contributed by atoms with Gasteiger partial charge in [-0.15, -0.1) is 0 Å². The first-order chi connectivity index (χ1) is 15.7. The third kappa shape index (κ3) is 12.8. The number of carboxylic acids is 2. The number of primary amides is 1. The van der Waals surface area contributed by atoms with E-state index in [4.69, 9.17) is 28.0 Å². The molecule has 0 aromatic carbocycles. The number of carbonyl (C=O) groups is 6. The second kappa shape index (κ2) is 15.0. The molecule has 0 fully saturated rings. The SMILES string of the molecule is CC(NC(=O)C(N)CCC(=O)O)C(=O)NC(CC(N)=O)C(=O)NC(CCCN=C(N)N)C(=O)O. The molecule has 0 aliphatic carbocycles. The van der Waals surface area contributed by atoms with Gasteiger partial charge in [-0.05, 0) is 26.2 Å². The topological polar surface area (TPSA) is 295 Å². The van der Waals surface area contributed by atoms with Crippen LogP contribution in [-0.2, 0) is 28.8 Å². The first kappa shape index (κ1) is 30.0. The zero-order valence-electron chi connectivity index (χ0n) is 18.7. The maximum Gasteiger partial charge on any atom is 0.326 e. The highest BCUT2D eigenvalue weighted by atomic mass is 16.4. The number of nitrogens with two attached hydrogens (primary N) is 4. The van der Waals surface area contributed by atoms with Crippen LogP contribution in [0.2, 0.25) is 0 Å². The van der Waals surface area contributed by atoms with E-state index in [9.17, 15) is 33.9 Å². The number of aliphatic carboxylic acids is 2. The van der Waals surface area contributed by atoms with Crippen LogP contribution in [0.25, 0.3) is 0 Å². The summed E-state index contributed by atoms with van der Waals surface area (Å²) in [4.78, 5) is 74.0. The van der Waals surface area contributed by atoms with Gasteiger partial charge in [-0.1, -0.05) is 0 Å². The Morgan fingerprint density at radius 1 is 0.853 bits per heavy atom. The maximum atomic E-state index is 12.5. The number of hydrogen-bond acceptors (Lipinski definition) is 8. The van der Waals surface area contributed by atoms with E-state index >= 15 is 0 Å². The summed E-state index contributed by atoms with van der Waals surface area (Å²) in [5.74, 6) is -6.32. The highest BCUT2D eigenvalue weighted by Crippen LogP contribution is 2.02. The van der Waals surface area contributed by atoms with Crippen molar-refractivity contribution in [1.29, 1.82) is 0 Å². The molecule has 0 aromatic rings. The fourth-order valence-electron chi connectivity index (χ4n) is 2.54. The molecular weight excluding hydrogens is 456 g/mol. The molecule has 0 saturated carbocycles. The Morgan fingerprint density at radius 2 is 1.44 bits per heavy atom. The van der Waals surface area contributed by atoms with Gasteiger partial charge in [0.25, 0.3) is 0 Å². The maximum absolute atomic E-state index is 12.5. The Morgan fingerprint density at radius 3 is 1.94 bits per heavy atom. The number of nitrogens with one attached hydrogen (secondary N) is 3. The van der Waals surface area contributed by atoms with Crippen molar-refractivity contribution in [2.24, 2.45) is 27.9 Å². The minimum atomic E-state index is -1.52. The van der Waals surface area contributed by atoms with Crippen molar-refractivity contribution in [2.75, 3.05) is 6.54 Å². The second-order valence-electron chi connectivity index (χ2n) is 7.35. The average molecular weight is 489 g/mol. The summed E-state index contributed by atoms with van der Waals surface area (Å²) in [6.45, 7) is 1.38. The van der Waals surface area contributed by atoms with Crippen molar-refractivity contribution in [1.82, 2.24) is 16.0 Å². The molecule has 0 aliphatic heterocycles. The molecule has 0 saturated heterocycles. The Kier molecular flexibility index (Phi) is 13.2. The van der Waals surface area contributed by atoms with Crippen molar-refractivity contribution in [3.63, 3.8) is 0 Å². The molecule has 0 aromatic heterocycles. The number of carboxylic acid groups (broad SMARTS) is 2. The van der Waals surface area contributed by atoms with E-state index in [1.54, 1.807) is 0 Å². The lowest BCUT2D eigenvalue weighted by Gasteiger charge is -2.23. The normalized spacial score (nSPS) is 13.9. The smallest absolute Gasteiger partial charge is 0.326 e. The second-order valence-corrected chi connectivity index (χ2v) is 7.35. The molecule has 16 nitrogen and oxygen atoms in total. The van der Waals surface area contributed by atoms with Gasteiger partial charge in [-0.3, -0.25) is 29.0 Å². The van der Waals surface area contributed by atoms with E-state index < -0.39 is 66.2 Å². The Hall–Kier alpha value is -3.95. The number of nitrogens with zero attached hydrogens (tertiary/aromatic N) is 1. The van der Waals surface area contributed by atoms with Crippen LogP contribution < -0.4 is 38.9 Å². The molecule has 0 radical (unpaired) electrons. The molecule has 4 unspecified atom stereocenters. The van der Waals surface area contributed by atoms with E-state index in [1.165, 1.54) is 6.92 Å². The van der Waals surface area contributed by atoms with Crippen molar-refractivity contribution in [2.45, 2.75) is 63.2 Å². The van der Waals surface area contributed by atoms with Gasteiger partial charge >= 0.3 is 11.9 Å². The molecule has 0 rings (SSSR count). The first-order valence-corrected chi connectivity index (χ1v) is 10.2. The summed E-state index contributed by atoms with van der Waals surface area (Å²) in [5, 5.41) is 24.6. The van der Waals surface area contributed by atoms with Crippen LogP contribution in [0.15, 0.2) is 4.99 Å². The van der Waals surface area contributed by atoms with E-state index in [0.29, 0.717) is 0 Å². The van der Waals surface area contributed by atoms with Crippen LogP contribution in [0, 0.1) is 0 Å². The van der Waals surface area contributed by atoms with Gasteiger partial charge in [0.1, 0.15) is 18.1 Å². The van der Waals surface area contributed by atoms with Gasteiger partial charge in [0.05, 0.1) is 12.5 Å². The average Bonchev–Trinajstić information content (AvgIpc) is 2.72. The predicted octanol–water partition coefficient (Wildman–Crippen LogP) is -4.33.